The third-order valence-electron chi connectivity index (χ3n) is 1.92. The minimum Gasteiger partial charge on any atom is -0.390 e. The Morgan fingerprint density at radius 1 is 1.50 bits per heavy atom. The van der Waals surface area contributed by atoms with Crippen molar-refractivity contribution >= 4 is 15.9 Å². The number of hydrogen-bond donors (Lipinski definition) is 2. The van der Waals surface area contributed by atoms with Crippen LogP contribution in [-0.4, -0.2) is 47.3 Å². The van der Waals surface area contributed by atoms with Gasteiger partial charge in [-0.15, -0.1) is 0 Å². The van der Waals surface area contributed by atoms with Crippen molar-refractivity contribution in [3.05, 3.63) is 0 Å². The Balaban J connectivity index is 2.50. The normalized spacial score (nSPS) is 43.0. The minimum atomic E-state index is -0.736. The topological polar surface area (TPSA) is 58.9 Å². The lowest BCUT2D eigenvalue weighted by Crippen LogP contribution is -2.48. The predicted molar refractivity (Wildman–Crippen MR) is 46.1 cm³/mol. The monoisotopic (exact) mass is 240 g/mol. The van der Waals surface area contributed by atoms with Crippen molar-refractivity contribution in [1.82, 2.24) is 0 Å². The van der Waals surface area contributed by atoms with E-state index in [1.165, 1.54) is 7.11 Å². The van der Waals surface area contributed by atoms with E-state index in [9.17, 15) is 10.2 Å². The van der Waals surface area contributed by atoms with Gasteiger partial charge in [-0.2, -0.15) is 0 Å². The number of ether oxygens (including phenoxy) is 2. The van der Waals surface area contributed by atoms with E-state index in [-0.39, 0.29) is 6.10 Å². The van der Waals surface area contributed by atoms with Crippen LogP contribution < -0.4 is 0 Å². The highest BCUT2D eigenvalue weighted by molar-refractivity contribution is 9.09. The molecule has 2 N–H and O–H groups in total. The molecule has 0 bridgehead atoms. The standard InChI is InChI=1S/C7H13BrO4/c1-11-7-5(10)2-4(9)6(3-8)12-7/h4-7,9-10H,2-3H2,1H3/t4-,5+,6+,7-/m0/s1. The molecule has 12 heavy (non-hydrogen) atoms. The number of aliphatic hydroxyl groups excluding tert-OH is 2. The molecule has 1 aliphatic heterocycles. The molecule has 1 fully saturated rings. The van der Waals surface area contributed by atoms with Crippen LogP contribution in [0.15, 0.2) is 0 Å². The smallest absolute Gasteiger partial charge is 0.183 e. The van der Waals surface area contributed by atoms with Crippen molar-refractivity contribution < 1.29 is 19.7 Å². The first-order valence-corrected chi connectivity index (χ1v) is 4.91. The number of halogens is 1. The molecule has 4 atom stereocenters. The molecule has 0 aromatic rings. The third-order valence-corrected chi connectivity index (χ3v) is 2.56. The molecule has 1 rings (SSSR count). The molecule has 5 heteroatoms. The van der Waals surface area contributed by atoms with Crippen LogP contribution in [0.4, 0.5) is 0 Å². The molecule has 0 aromatic heterocycles. The van der Waals surface area contributed by atoms with Crippen molar-refractivity contribution in [3.8, 4) is 0 Å². The van der Waals surface area contributed by atoms with Crippen LogP contribution in [0, 0.1) is 0 Å². The summed E-state index contributed by atoms with van der Waals surface area (Å²) in [6, 6.07) is 0. The van der Waals surface area contributed by atoms with Crippen LogP contribution in [-0.2, 0) is 9.47 Å². The van der Waals surface area contributed by atoms with E-state index in [1.807, 2.05) is 0 Å². The van der Waals surface area contributed by atoms with Gasteiger partial charge in [-0.1, -0.05) is 15.9 Å². The van der Waals surface area contributed by atoms with Gasteiger partial charge in [0.15, 0.2) is 6.29 Å². The van der Waals surface area contributed by atoms with Gasteiger partial charge in [-0.05, 0) is 0 Å². The van der Waals surface area contributed by atoms with Crippen molar-refractivity contribution in [2.24, 2.45) is 0 Å². The molecule has 72 valence electrons. The Morgan fingerprint density at radius 3 is 2.67 bits per heavy atom. The molecule has 1 saturated heterocycles. The SMILES string of the molecule is CO[C@H]1O[C@H](CBr)[C@@H](O)C[C@H]1O. The summed E-state index contributed by atoms with van der Waals surface area (Å²) in [5.74, 6) is 0. The summed E-state index contributed by atoms with van der Waals surface area (Å²) in [4.78, 5) is 0. The van der Waals surface area contributed by atoms with Gasteiger partial charge in [-0.25, -0.2) is 0 Å². The Kier molecular flexibility index (Phi) is 3.92. The maximum atomic E-state index is 9.38. The summed E-state index contributed by atoms with van der Waals surface area (Å²) in [6.45, 7) is 0. The number of aliphatic hydroxyl groups is 2. The average Bonchev–Trinajstić information content (AvgIpc) is 2.05. The van der Waals surface area contributed by atoms with Crippen molar-refractivity contribution in [2.45, 2.75) is 31.0 Å². The highest BCUT2D eigenvalue weighted by atomic mass is 79.9. The van der Waals surface area contributed by atoms with Crippen LogP contribution >= 0.6 is 15.9 Å². The maximum Gasteiger partial charge on any atom is 0.183 e. The lowest BCUT2D eigenvalue weighted by atomic mass is 10.0. The van der Waals surface area contributed by atoms with Gasteiger partial charge in [0, 0.05) is 18.9 Å². The van der Waals surface area contributed by atoms with Crippen molar-refractivity contribution in [3.63, 3.8) is 0 Å². The fraction of sp³-hybridized carbons (Fsp3) is 1.00. The molecule has 1 aliphatic rings. The van der Waals surface area contributed by atoms with Gasteiger partial charge in [-0.3, -0.25) is 0 Å². The summed E-state index contributed by atoms with van der Waals surface area (Å²) in [6.07, 6.45) is -1.96. The highest BCUT2D eigenvalue weighted by Crippen LogP contribution is 2.21. The Hall–Kier alpha value is 0.320. The molecule has 0 spiro atoms. The first-order chi connectivity index (χ1) is 5.69. The summed E-state index contributed by atoms with van der Waals surface area (Å²) in [5, 5.41) is 19.3. The fourth-order valence-electron chi connectivity index (χ4n) is 1.22. The molecule has 0 saturated carbocycles. The second-order valence-electron chi connectivity index (χ2n) is 2.80. The van der Waals surface area contributed by atoms with E-state index >= 15 is 0 Å². The van der Waals surface area contributed by atoms with E-state index in [2.05, 4.69) is 15.9 Å². The van der Waals surface area contributed by atoms with Crippen LogP contribution in [0.1, 0.15) is 6.42 Å². The molecular weight excluding hydrogens is 228 g/mol. The molecule has 4 nitrogen and oxygen atoms in total. The second kappa shape index (κ2) is 4.53. The predicted octanol–water partition coefficient (Wildman–Crippen LogP) is -0.135. The van der Waals surface area contributed by atoms with E-state index < -0.39 is 18.5 Å². The Bertz CT molecular complexity index is 129. The minimum absolute atomic E-state index is 0.293. The van der Waals surface area contributed by atoms with E-state index in [0.29, 0.717) is 11.8 Å². The summed E-state index contributed by atoms with van der Waals surface area (Å²) in [7, 11) is 1.47. The number of alkyl halides is 1. The zero-order valence-corrected chi connectivity index (χ0v) is 8.40. The molecule has 0 aliphatic carbocycles. The zero-order valence-electron chi connectivity index (χ0n) is 6.81. The van der Waals surface area contributed by atoms with Crippen LogP contribution in [0.5, 0.6) is 0 Å². The largest absolute Gasteiger partial charge is 0.390 e. The maximum absolute atomic E-state index is 9.38. The average molecular weight is 241 g/mol. The summed E-state index contributed by atoms with van der Waals surface area (Å²) < 4.78 is 10.1. The molecule has 0 radical (unpaired) electrons. The van der Waals surface area contributed by atoms with Crippen LogP contribution in [0.25, 0.3) is 0 Å². The number of rotatable bonds is 2. The van der Waals surface area contributed by atoms with Gasteiger partial charge in [0.05, 0.1) is 12.2 Å². The molecular formula is C7H13BrO4. The van der Waals surface area contributed by atoms with Crippen LogP contribution in [0.3, 0.4) is 0 Å². The Morgan fingerprint density at radius 2 is 2.17 bits per heavy atom. The van der Waals surface area contributed by atoms with Gasteiger partial charge in [0.1, 0.15) is 6.10 Å². The lowest BCUT2D eigenvalue weighted by molar-refractivity contribution is -0.250. The van der Waals surface area contributed by atoms with E-state index in [0.717, 1.165) is 0 Å². The molecule has 1 heterocycles. The second-order valence-corrected chi connectivity index (χ2v) is 3.45. The first kappa shape index (κ1) is 10.4. The van der Waals surface area contributed by atoms with E-state index in [4.69, 9.17) is 9.47 Å². The lowest BCUT2D eigenvalue weighted by Gasteiger charge is -2.35. The summed E-state index contributed by atoms with van der Waals surface area (Å²) in [5.41, 5.74) is 0. The van der Waals surface area contributed by atoms with Crippen LogP contribution in [0.2, 0.25) is 0 Å². The molecule has 0 aromatic carbocycles. The van der Waals surface area contributed by atoms with Crippen molar-refractivity contribution in [2.75, 3.05) is 12.4 Å². The van der Waals surface area contributed by atoms with Gasteiger partial charge in [0.25, 0.3) is 0 Å². The van der Waals surface area contributed by atoms with Gasteiger partial charge >= 0.3 is 0 Å². The van der Waals surface area contributed by atoms with Crippen molar-refractivity contribution in [1.29, 1.82) is 0 Å². The molecule has 0 amide bonds. The highest BCUT2D eigenvalue weighted by Gasteiger charge is 2.35. The molecule has 0 unspecified atom stereocenters. The van der Waals surface area contributed by atoms with E-state index in [1.54, 1.807) is 0 Å². The van der Waals surface area contributed by atoms with Gasteiger partial charge < -0.3 is 19.7 Å². The fourth-order valence-corrected chi connectivity index (χ4v) is 1.80. The zero-order chi connectivity index (χ0) is 9.14. The first-order valence-electron chi connectivity index (χ1n) is 3.79. The number of hydrogen-bond acceptors (Lipinski definition) is 4. The Labute approximate surface area is 79.6 Å². The quantitative estimate of drug-likeness (QED) is 0.661. The number of methoxy groups -OCH3 is 1. The summed E-state index contributed by atoms with van der Waals surface area (Å²) >= 11 is 3.21. The third kappa shape index (κ3) is 2.17. The van der Waals surface area contributed by atoms with Gasteiger partial charge in [0.2, 0.25) is 0 Å².